The van der Waals surface area contributed by atoms with E-state index in [2.05, 4.69) is 48.3 Å². The number of rotatable bonds is 7. The summed E-state index contributed by atoms with van der Waals surface area (Å²) in [7, 11) is 0. The predicted octanol–water partition coefficient (Wildman–Crippen LogP) is 2.45. The molecule has 0 aromatic heterocycles. The molecule has 0 amide bonds. The van der Waals surface area contributed by atoms with E-state index in [1.54, 1.807) is 0 Å². The quantitative estimate of drug-likeness (QED) is 0.764. The largest absolute Gasteiger partial charge is 0.381 e. The van der Waals surface area contributed by atoms with Crippen LogP contribution < -0.4 is 10.2 Å². The van der Waals surface area contributed by atoms with Crippen LogP contribution in [0.5, 0.6) is 0 Å². The Morgan fingerprint density at radius 3 is 2.89 bits per heavy atom. The lowest BCUT2D eigenvalue weighted by Gasteiger charge is -2.25. The van der Waals surface area contributed by atoms with Gasteiger partial charge in [-0.1, -0.05) is 18.2 Å². The number of hydrogen-bond acceptors (Lipinski definition) is 3. The molecule has 19 heavy (non-hydrogen) atoms. The van der Waals surface area contributed by atoms with Gasteiger partial charge in [0.05, 0.1) is 6.61 Å². The summed E-state index contributed by atoms with van der Waals surface area (Å²) in [6.45, 7) is 10.5. The number of para-hydroxylation sites is 1. The fourth-order valence-corrected chi connectivity index (χ4v) is 2.63. The molecule has 1 saturated heterocycles. The first kappa shape index (κ1) is 14.4. The minimum absolute atomic E-state index is 0.716. The van der Waals surface area contributed by atoms with Gasteiger partial charge in [-0.2, -0.15) is 0 Å². The standard InChI is InChI=1S/C16H26N2O/c1-3-18(16-7-5-4-6-14(16)2)10-9-17-12-15-8-11-19-13-15/h4-7,15,17H,3,8-13H2,1-2H3. The second-order valence-electron chi connectivity index (χ2n) is 5.30. The van der Waals surface area contributed by atoms with Crippen LogP contribution >= 0.6 is 0 Å². The topological polar surface area (TPSA) is 24.5 Å². The highest BCUT2D eigenvalue weighted by Crippen LogP contribution is 2.18. The molecule has 1 fully saturated rings. The Hall–Kier alpha value is -1.06. The lowest BCUT2D eigenvalue weighted by atomic mass is 10.1. The molecule has 2 rings (SSSR count). The van der Waals surface area contributed by atoms with Crippen LogP contribution in [0.1, 0.15) is 18.9 Å². The van der Waals surface area contributed by atoms with Gasteiger partial charge in [0.1, 0.15) is 0 Å². The van der Waals surface area contributed by atoms with Crippen LogP contribution in [0.4, 0.5) is 5.69 Å². The maximum Gasteiger partial charge on any atom is 0.0507 e. The number of nitrogens with zero attached hydrogens (tertiary/aromatic N) is 1. The summed E-state index contributed by atoms with van der Waals surface area (Å²) < 4.78 is 5.39. The van der Waals surface area contributed by atoms with Gasteiger partial charge in [0.2, 0.25) is 0 Å². The molecule has 0 spiro atoms. The van der Waals surface area contributed by atoms with Crippen LogP contribution in [0.2, 0.25) is 0 Å². The van der Waals surface area contributed by atoms with E-state index in [1.165, 1.54) is 17.7 Å². The monoisotopic (exact) mass is 262 g/mol. The van der Waals surface area contributed by atoms with Crippen molar-refractivity contribution in [2.24, 2.45) is 5.92 Å². The molecule has 0 aliphatic carbocycles. The van der Waals surface area contributed by atoms with Crippen molar-refractivity contribution in [2.75, 3.05) is 44.3 Å². The number of aryl methyl sites for hydroxylation is 1. The van der Waals surface area contributed by atoms with Crippen LogP contribution in [-0.2, 0) is 4.74 Å². The van der Waals surface area contributed by atoms with Crippen molar-refractivity contribution in [3.05, 3.63) is 29.8 Å². The second kappa shape index (κ2) is 7.51. The number of anilines is 1. The predicted molar refractivity (Wildman–Crippen MR) is 80.9 cm³/mol. The summed E-state index contributed by atoms with van der Waals surface area (Å²) in [5.74, 6) is 0.716. The number of nitrogens with one attached hydrogen (secondary N) is 1. The third kappa shape index (κ3) is 4.22. The van der Waals surface area contributed by atoms with E-state index in [9.17, 15) is 0 Å². The van der Waals surface area contributed by atoms with E-state index in [0.29, 0.717) is 5.92 Å². The normalized spacial score (nSPS) is 18.7. The number of ether oxygens (including phenoxy) is 1. The molecule has 1 N–H and O–H groups in total. The minimum Gasteiger partial charge on any atom is -0.381 e. The summed E-state index contributed by atoms with van der Waals surface area (Å²) in [6, 6.07) is 8.62. The van der Waals surface area contributed by atoms with Gasteiger partial charge in [-0.3, -0.25) is 0 Å². The van der Waals surface area contributed by atoms with Crippen molar-refractivity contribution in [2.45, 2.75) is 20.3 Å². The number of hydrogen-bond donors (Lipinski definition) is 1. The molecule has 106 valence electrons. The van der Waals surface area contributed by atoms with Crippen LogP contribution in [0.25, 0.3) is 0 Å². The number of likely N-dealkylation sites (N-methyl/N-ethyl adjacent to an activating group) is 1. The van der Waals surface area contributed by atoms with E-state index < -0.39 is 0 Å². The molecule has 1 aliphatic heterocycles. The Morgan fingerprint density at radius 1 is 1.37 bits per heavy atom. The maximum absolute atomic E-state index is 5.39. The highest BCUT2D eigenvalue weighted by Gasteiger charge is 2.14. The second-order valence-corrected chi connectivity index (χ2v) is 5.30. The Kier molecular flexibility index (Phi) is 5.67. The number of benzene rings is 1. The smallest absolute Gasteiger partial charge is 0.0507 e. The zero-order valence-electron chi connectivity index (χ0n) is 12.2. The van der Waals surface area contributed by atoms with E-state index in [-0.39, 0.29) is 0 Å². The Morgan fingerprint density at radius 2 is 2.21 bits per heavy atom. The van der Waals surface area contributed by atoms with Crippen molar-refractivity contribution in [1.29, 1.82) is 0 Å². The van der Waals surface area contributed by atoms with Crippen molar-refractivity contribution in [3.8, 4) is 0 Å². The Bertz CT molecular complexity index is 375. The lowest BCUT2D eigenvalue weighted by Crippen LogP contribution is -2.34. The van der Waals surface area contributed by atoms with Gasteiger partial charge in [0.25, 0.3) is 0 Å². The molecule has 0 radical (unpaired) electrons. The Balaban J connectivity index is 1.74. The molecule has 3 nitrogen and oxygen atoms in total. The van der Waals surface area contributed by atoms with Crippen LogP contribution in [0.15, 0.2) is 24.3 Å². The summed E-state index contributed by atoms with van der Waals surface area (Å²) >= 11 is 0. The molecule has 1 aromatic rings. The zero-order chi connectivity index (χ0) is 13.5. The zero-order valence-corrected chi connectivity index (χ0v) is 12.2. The lowest BCUT2D eigenvalue weighted by molar-refractivity contribution is 0.185. The molecule has 3 heteroatoms. The van der Waals surface area contributed by atoms with Crippen molar-refractivity contribution in [1.82, 2.24) is 5.32 Å². The highest BCUT2D eigenvalue weighted by atomic mass is 16.5. The molecule has 0 bridgehead atoms. The fraction of sp³-hybridized carbons (Fsp3) is 0.625. The summed E-state index contributed by atoms with van der Waals surface area (Å²) in [5, 5.41) is 3.56. The fourth-order valence-electron chi connectivity index (χ4n) is 2.63. The van der Waals surface area contributed by atoms with Gasteiger partial charge >= 0.3 is 0 Å². The van der Waals surface area contributed by atoms with Gasteiger partial charge in [-0.25, -0.2) is 0 Å². The Labute approximate surface area is 116 Å². The maximum atomic E-state index is 5.39. The molecule has 0 saturated carbocycles. The van der Waals surface area contributed by atoms with Crippen molar-refractivity contribution < 1.29 is 4.74 Å². The van der Waals surface area contributed by atoms with Crippen LogP contribution in [-0.4, -0.2) is 39.4 Å². The van der Waals surface area contributed by atoms with E-state index in [1.807, 2.05) is 0 Å². The molecule has 1 heterocycles. The van der Waals surface area contributed by atoms with Crippen molar-refractivity contribution >= 4 is 5.69 Å². The van der Waals surface area contributed by atoms with Crippen LogP contribution in [0.3, 0.4) is 0 Å². The van der Waals surface area contributed by atoms with Crippen LogP contribution in [0, 0.1) is 12.8 Å². The first-order valence-electron chi connectivity index (χ1n) is 7.40. The summed E-state index contributed by atoms with van der Waals surface area (Å²) in [5.41, 5.74) is 2.71. The molecule has 1 aliphatic rings. The van der Waals surface area contributed by atoms with E-state index >= 15 is 0 Å². The van der Waals surface area contributed by atoms with Gasteiger partial charge < -0.3 is 15.0 Å². The summed E-state index contributed by atoms with van der Waals surface area (Å²) in [6.07, 6.45) is 1.21. The molecule has 1 unspecified atom stereocenters. The average Bonchev–Trinajstić information content (AvgIpc) is 2.93. The van der Waals surface area contributed by atoms with Gasteiger partial charge in [0, 0.05) is 38.5 Å². The third-order valence-corrected chi connectivity index (χ3v) is 3.85. The van der Waals surface area contributed by atoms with Gasteiger partial charge in [-0.05, 0) is 37.8 Å². The van der Waals surface area contributed by atoms with Gasteiger partial charge in [0.15, 0.2) is 0 Å². The van der Waals surface area contributed by atoms with Gasteiger partial charge in [-0.15, -0.1) is 0 Å². The van der Waals surface area contributed by atoms with Crippen molar-refractivity contribution in [3.63, 3.8) is 0 Å². The van der Waals surface area contributed by atoms with E-state index in [4.69, 9.17) is 4.74 Å². The molecule has 1 atom stereocenters. The third-order valence-electron chi connectivity index (χ3n) is 3.85. The molecular weight excluding hydrogens is 236 g/mol. The highest BCUT2D eigenvalue weighted by molar-refractivity contribution is 5.52. The first-order chi connectivity index (χ1) is 9.31. The molecule has 1 aromatic carbocycles. The summed E-state index contributed by atoms with van der Waals surface area (Å²) in [4.78, 5) is 2.44. The molecular formula is C16H26N2O. The SMILES string of the molecule is CCN(CCNCC1CCOC1)c1ccccc1C. The average molecular weight is 262 g/mol. The minimum atomic E-state index is 0.716. The first-order valence-corrected chi connectivity index (χ1v) is 7.40. The van der Waals surface area contributed by atoms with E-state index in [0.717, 1.165) is 39.4 Å².